The summed E-state index contributed by atoms with van der Waals surface area (Å²) >= 11 is 1.68. The lowest BCUT2D eigenvalue weighted by molar-refractivity contribution is 0.120. The van der Waals surface area contributed by atoms with Crippen molar-refractivity contribution in [2.45, 2.75) is 32.0 Å². The molecule has 1 aliphatic heterocycles. The Kier molecular flexibility index (Phi) is 5.31. The largest absolute Gasteiger partial charge is 0.376 e. The molecule has 1 unspecified atom stereocenters. The zero-order valence-corrected chi connectivity index (χ0v) is 13.6. The monoisotopic (exact) mass is 319 g/mol. The maximum absolute atomic E-state index is 5.57. The van der Waals surface area contributed by atoms with Gasteiger partial charge in [0.25, 0.3) is 0 Å². The molecule has 0 aromatic carbocycles. The predicted octanol–water partition coefficient (Wildman–Crippen LogP) is 2.16. The van der Waals surface area contributed by atoms with Crippen LogP contribution in [0.5, 0.6) is 0 Å². The van der Waals surface area contributed by atoms with Crippen LogP contribution in [0, 0.1) is 0 Å². The molecule has 2 aromatic heterocycles. The summed E-state index contributed by atoms with van der Waals surface area (Å²) in [5, 5.41) is 6.36. The molecule has 0 amide bonds. The first-order chi connectivity index (χ1) is 10.8. The molecule has 1 saturated heterocycles. The highest BCUT2D eigenvalue weighted by Crippen LogP contribution is 2.13. The summed E-state index contributed by atoms with van der Waals surface area (Å²) in [4.78, 5) is 15.2. The van der Waals surface area contributed by atoms with E-state index in [4.69, 9.17) is 4.74 Å². The highest BCUT2D eigenvalue weighted by Gasteiger charge is 2.15. The van der Waals surface area contributed by atoms with E-state index in [0.29, 0.717) is 12.1 Å². The van der Waals surface area contributed by atoms with Crippen molar-refractivity contribution in [1.29, 1.82) is 0 Å². The fraction of sp³-hybridized carbons (Fsp3) is 0.533. The Labute approximate surface area is 134 Å². The van der Waals surface area contributed by atoms with Gasteiger partial charge in [-0.3, -0.25) is 4.90 Å². The summed E-state index contributed by atoms with van der Waals surface area (Å²) in [6.07, 6.45) is 8.16. The maximum Gasteiger partial charge on any atom is 0.222 e. The van der Waals surface area contributed by atoms with E-state index in [-0.39, 0.29) is 0 Å². The second-order valence-corrected chi connectivity index (χ2v) is 6.51. The number of rotatable bonds is 7. The van der Waals surface area contributed by atoms with Gasteiger partial charge in [-0.2, -0.15) is 0 Å². The van der Waals surface area contributed by atoms with Crippen molar-refractivity contribution in [3.8, 4) is 0 Å². The lowest BCUT2D eigenvalue weighted by Crippen LogP contribution is -2.20. The van der Waals surface area contributed by atoms with Crippen molar-refractivity contribution in [1.82, 2.24) is 19.9 Å². The number of hydrogen-bond acceptors (Lipinski definition) is 7. The van der Waals surface area contributed by atoms with E-state index in [2.05, 4.69) is 32.2 Å². The number of nitrogens with one attached hydrogen (secondary N) is 1. The summed E-state index contributed by atoms with van der Waals surface area (Å²) in [6, 6.07) is 0. The Balaban J connectivity index is 1.46. The zero-order chi connectivity index (χ0) is 15.2. The minimum Gasteiger partial charge on any atom is -0.376 e. The quantitative estimate of drug-likeness (QED) is 0.844. The highest BCUT2D eigenvalue weighted by atomic mass is 32.1. The van der Waals surface area contributed by atoms with E-state index in [1.54, 1.807) is 11.3 Å². The standard InChI is InChI=1S/C15H21N5OS/c1-20(11-14-16-4-6-22-14)10-12-7-17-15(18-8-12)19-9-13-3-2-5-21-13/h4,6-8,13H,2-3,5,9-11H2,1H3,(H,17,18,19). The normalized spacial score (nSPS) is 18.0. The molecule has 118 valence electrons. The van der Waals surface area contributed by atoms with E-state index in [9.17, 15) is 0 Å². The summed E-state index contributed by atoms with van der Waals surface area (Å²) in [6.45, 7) is 3.31. The van der Waals surface area contributed by atoms with Crippen LogP contribution in [-0.4, -0.2) is 46.2 Å². The molecule has 2 aromatic rings. The molecule has 1 atom stereocenters. The molecule has 3 rings (SSSR count). The van der Waals surface area contributed by atoms with Crippen molar-refractivity contribution in [2.24, 2.45) is 0 Å². The molecule has 6 nitrogen and oxygen atoms in total. The average molecular weight is 319 g/mol. The number of thiazole rings is 1. The van der Waals surface area contributed by atoms with Crippen molar-refractivity contribution >= 4 is 17.3 Å². The van der Waals surface area contributed by atoms with E-state index >= 15 is 0 Å². The summed E-state index contributed by atoms with van der Waals surface area (Å²) in [5.74, 6) is 0.668. The third-order valence-electron chi connectivity index (χ3n) is 3.56. The van der Waals surface area contributed by atoms with Crippen molar-refractivity contribution < 1.29 is 4.74 Å². The molecular formula is C15H21N5OS. The predicted molar refractivity (Wildman–Crippen MR) is 86.8 cm³/mol. The molecule has 1 fully saturated rings. The van der Waals surface area contributed by atoms with Crippen LogP contribution in [0.1, 0.15) is 23.4 Å². The van der Waals surface area contributed by atoms with E-state index < -0.39 is 0 Å². The molecule has 0 spiro atoms. The Morgan fingerprint density at radius 3 is 2.86 bits per heavy atom. The minimum atomic E-state index is 0.299. The van der Waals surface area contributed by atoms with Crippen LogP contribution in [0.4, 0.5) is 5.95 Å². The summed E-state index contributed by atoms with van der Waals surface area (Å²) in [5.41, 5.74) is 1.10. The second kappa shape index (κ2) is 7.62. The zero-order valence-electron chi connectivity index (χ0n) is 12.7. The first-order valence-electron chi connectivity index (χ1n) is 7.53. The second-order valence-electron chi connectivity index (χ2n) is 5.53. The van der Waals surface area contributed by atoms with Gasteiger partial charge in [0, 0.05) is 49.2 Å². The van der Waals surface area contributed by atoms with Gasteiger partial charge >= 0.3 is 0 Å². The minimum absolute atomic E-state index is 0.299. The molecule has 1 aliphatic rings. The van der Waals surface area contributed by atoms with Crippen LogP contribution in [0.15, 0.2) is 24.0 Å². The molecule has 0 saturated carbocycles. The Hall–Kier alpha value is -1.57. The van der Waals surface area contributed by atoms with Crippen molar-refractivity contribution in [3.63, 3.8) is 0 Å². The molecule has 0 radical (unpaired) electrons. The number of aromatic nitrogens is 3. The molecule has 1 N–H and O–H groups in total. The summed E-state index contributed by atoms with van der Waals surface area (Å²) in [7, 11) is 2.07. The van der Waals surface area contributed by atoms with E-state index in [0.717, 1.165) is 49.7 Å². The van der Waals surface area contributed by atoms with Crippen LogP contribution in [-0.2, 0) is 17.8 Å². The molecular weight excluding hydrogens is 298 g/mol. The Morgan fingerprint density at radius 1 is 1.32 bits per heavy atom. The number of hydrogen-bond donors (Lipinski definition) is 1. The lowest BCUT2D eigenvalue weighted by Gasteiger charge is -2.15. The van der Waals surface area contributed by atoms with Crippen LogP contribution < -0.4 is 5.32 Å². The van der Waals surface area contributed by atoms with Crippen LogP contribution >= 0.6 is 11.3 Å². The van der Waals surface area contributed by atoms with E-state index in [1.165, 1.54) is 0 Å². The fourth-order valence-corrected chi connectivity index (χ4v) is 3.16. The Bertz CT molecular complexity index is 554. The van der Waals surface area contributed by atoms with Gasteiger partial charge in [-0.1, -0.05) is 0 Å². The molecule has 7 heteroatoms. The number of ether oxygens (including phenoxy) is 1. The van der Waals surface area contributed by atoms with Crippen LogP contribution in [0.3, 0.4) is 0 Å². The summed E-state index contributed by atoms with van der Waals surface area (Å²) < 4.78 is 5.57. The SMILES string of the molecule is CN(Cc1cnc(NCC2CCCO2)nc1)Cc1nccs1. The third-order valence-corrected chi connectivity index (χ3v) is 4.32. The van der Waals surface area contributed by atoms with Crippen molar-refractivity contribution in [2.75, 3.05) is 25.5 Å². The average Bonchev–Trinajstić information content (AvgIpc) is 3.20. The number of nitrogens with zero attached hydrogens (tertiary/aromatic N) is 4. The van der Waals surface area contributed by atoms with Gasteiger partial charge in [0.2, 0.25) is 5.95 Å². The maximum atomic E-state index is 5.57. The smallest absolute Gasteiger partial charge is 0.222 e. The van der Waals surface area contributed by atoms with Gasteiger partial charge in [0.05, 0.1) is 12.6 Å². The molecule has 3 heterocycles. The molecule has 0 bridgehead atoms. The lowest BCUT2D eigenvalue weighted by atomic mass is 10.2. The van der Waals surface area contributed by atoms with Gasteiger partial charge in [-0.15, -0.1) is 11.3 Å². The first kappa shape index (κ1) is 15.3. The van der Waals surface area contributed by atoms with Crippen LogP contribution in [0.2, 0.25) is 0 Å². The Morgan fingerprint density at radius 2 is 2.18 bits per heavy atom. The van der Waals surface area contributed by atoms with Gasteiger partial charge in [0.1, 0.15) is 5.01 Å². The first-order valence-corrected chi connectivity index (χ1v) is 8.41. The topological polar surface area (TPSA) is 63.2 Å². The third kappa shape index (κ3) is 4.46. The molecule has 0 aliphatic carbocycles. The van der Waals surface area contributed by atoms with Gasteiger partial charge in [-0.05, 0) is 19.9 Å². The van der Waals surface area contributed by atoms with Gasteiger partial charge < -0.3 is 10.1 Å². The van der Waals surface area contributed by atoms with E-state index in [1.807, 2.05) is 24.0 Å². The van der Waals surface area contributed by atoms with Crippen molar-refractivity contribution in [3.05, 3.63) is 34.5 Å². The van der Waals surface area contributed by atoms with Gasteiger partial charge in [0.15, 0.2) is 0 Å². The van der Waals surface area contributed by atoms with Gasteiger partial charge in [-0.25, -0.2) is 15.0 Å². The fourth-order valence-electron chi connectivity index (χ4n) is 2.47. The molecule has 22 heavy (non-hydrogen) atoms. The number of anilines is 1. The highest BCUT2D eigenvalue weighted by molar-refractivity contribution is 7.09. The van der Waals surface area contributed by atoms with Crippen LogP contribution in [0.25, 0.3) is 0 Å².